The van der Waals surface area contributed by atoms with E-state index in [4.69, 9.17) is 9.47 Å². The molecule has 1 aromatic carbocycles. The van der Waals surface area contributed by atoms with Crippen LogP contribution >= 0.6 is 0 Å². The molecule has 1 aromatic rings. The molecule has 0 atom stereocenters. The maximum absolute atomic E-state index is 5.79. The summed E-state index contributed by atoms with van der Waals surface area (Å²) in [5, 5.41) is 3.50. The quantitative estimate of drug-likeness (QED) is 0.728. The molecule has 1 aliphatic carbocycles. The highest BCUT2D eigenvalue weighted by Gasteiger charge is 2.20. The van der Waals surface area contributed by atoms with E-state index in [1.165, 1.54) is 18.4 Å². The summed E-state index contributed by atoms with van der Waals surface area (Å²) in [4.78, 5) is 0. The maximum Gasteiger partial charge on any atom is 0.161 e. The van der Waals surface area contributed by atoms with Gasteiger partial charge in [-0.1, -0.05) is 11.6 Å². The summed E-state index contributed by atoms with van der Waals surface area (Å²) in [6.45, 7) is 7.43. The van der Waals surface area contributed by atoms with Crippen LogP contribution in [0.4, 0.5) is 0 Å². The molecule has 0 aliphatic heterocycles. The molecule has 1 fully saturated rings. The Kier molecular flexibility index (Phi) is 4.86. The van der Waals surface area contributed by atoms with Gasteiger partial charge in [0.25, 0.3) is 0 Å². The molecule has 3 nitrogen and oxygen atoms in total. The number of ether oxygens (including phenoxy) is 2. The van der Waals surface area contributed by atoms with Crippen LogP contribution in [0.1, 0.15) is 31.7 Å². The zero-order valence-corrected chi connectivity index (χ0v) is 11.9. The molecule has 1 aliphatic rings. The van der Waals surface area contributed by atoms with Crippen LogP contribution in [0.3, 0.4) is 0 Å². The molecule has 104 valence electrons. The SMILES string of the molecule is C=C(C)CCOc1cc(CNC2CC2)ccc1OC. The van der Waals surface area contributed by atoms with E-state index in [1.54, 1.807) is 7.11 Å². The Morgan fingerprint density at radius 3 is 2.79 bits per heavy atom. The van der Waals surface area contributed by atoms with Gasteiger partial charge < -0.3 is 14.8 Å². The van der Waals surface area contributed by atoms with Crippen LogP contribution in [-0.2, 0) is 6.54 Å². The van der Waals surface area contributed by atoms with Gasteiger partial charge in [-0.2, -0.15) is 0 Å². The van der Waals surface area contributed by atoms with E-state index >= 15 is 0 Å². The lowest BCUT2D eigenvalue weighted by Gasteiger charge is -2.12. The largest absolute Gasteiger partial charge is 0.493 e. The van der Waals surface area contributed by atoms with Gasteiger partial charge in [0.15, 0.2) is 11.5 Å². The van der Waals surface area contributed by atoms with Crippen molar-refractivity contribution in [2.45, 2.75) is 38.8 Å². The molecule has 2 rings (SSSR count). The third-order valence-electron chi connectivity index (χ3n) is 3.19. The highest BCUT2D eigenvalue weighted by Crippen LogP contribution is 2.29. The van der Waals surface area contributed by atoms with E-state index in [-0.39, 0.29) is 0 Å². The lowest BCUT2D eigenvalue weighted by Crippen LogP contribution is -2.15. The minimum absolute atomic E-state index is 0.644. The van der Waals surface area contributed by atoms with E-state index < -0.39 is 0 Å². The second kappa shape index (κ2) is 6.62. The summed E-state index contributed by atoms with van der Waals surface area (Å²) in [6, 6.07) is 6.84. The lowest BCUT2D eigenvalue weighted by molar-refractivity contribution is 0.297. The van der Waals surface area contributed by atoms with E-state index in [0.717, 1.165) is 36.1 Å². The van der Waals surface area contributed by atoms with Gasteiger partial charge in [-0.3, -0.25) is 0 Å². The van der Waals surface area contributed by atoms with Crippen LogP contribution in [0.25, 0.3) is 0 Å². The van der Waals surface area contributed by atoms with Crippen molar-refractivity contribution in [1.29, 1.82) is 0 Å². The van der Waals surface area contributed by atoms with Crippen LogP contribution in [0, 0.1) is 0 Å². The predicted molar refractivity (Wildman–Crippen MR) is 77.8 cm³/mol. The van der Waals surface area contributed by atoms with E-state index in [0.29, 0.717) is 6.61 Å². The zero-order chi connectivity index (χ0) is 13.7. The molecule has 0 unspecified atom stereocenters. The summed E-state index contributed by atoms with van der Waals surface area (Å²) in [7, 11) is 1.67. The fourth-order valence-electron chi connectivity index (χ4n) is 1.83. The number of rotatable bonds is 8. The molecule has 0 spiro atoms. The van der Waals surface area contributed by atoms with Crippen molar-refractivity contribution >= 4 is 0 Å². The molecule has 19 heavy (non-hydrogen) atoms. The first kappa shape index (κ1) is 13.9. The van der Waals surface area contributed by atoms with E-state index in [1.807, 2.05) is 13.0 Å². The van der Waals surface area contributed by atoms with Crippen molar-refractivity contribution in [2.75, 3.05) is 13.7 Å². The Morgan fingerprint density at radius 1 is 1.37 bits per heavy atom. The Bertz CT molecular complexity index is 438. The van der Waals surface area contributed by atoms with Gasteiger partial charge in [0, 0.05) is 19.0 Å². The third kappa shape index (κ3) is 4.60. The third-order valence-corrected chi connectivity index (χ3v) is 3.19. The molecular formula is C16H23NO2. The minimum atomic E-state index is 0.644. The summed E-state index contributed by atoms with van der Waals surface area (Å²) >= 11 is 0. The van der Waals surface area contributed by atoms with E-state index in [9.17, 15) is 0 Å². The van der Waals surface area contributed by atoms with Crippen molar-refractivity contribution in [3.63, 3.8) is 0 Å². The van der Waals surface area contributed by atoms with Crippen molar-refractivity contribution in [3.05, 3.63) is 35.9 Å². The van der Waals surface area contributed by atoms with Gasteiger partial charge >= 0.3 is 0 Å². The maximum atomic E-state index is 5.79. The normalized spacial score (nSPS) is 14.2. The van der Waals surface area contributed by atoms with Crippen LogP contribution in [-0.4, -0.2) is 19.8 Å². The summed E-state index contributed by atoms with van der Waals surface area (Å²) in [5.41, 5.74) is 2.36. The minimum Gasteiger partial charge on any atom is -0.493 e. The Morgan fingerprint density at radius 2 is 2.16 bits per heavy atom. The highest BCUT2D eigenvalue weighted by molar-refractivity contribution is 5.43. The van der Waals surface area contributed by atoms with Gasteiger partial charge in [0.05, 0.1) is 13.7 Å². The van der Waals surface area contributed by atoms with Gasteiger partial charge in [0.2, 0.25) is 0 Å². The summed E-state index contributed by atoms with van der Waals surface area (Å²) in [6.07, 6.45) is 3.48. The molecule has 0 bridgehead atoms. The number of hydrogen-bond donors (Lipinski definition) is 1. The number of hydrogen-bond acceptors (Lipinski definition) is 3. The molecule has 0 heterocycles. The monoisotopic (exact) mass is 261 g/mol. The topological polar surface area (TPSA) is 30.5 Å². The fraction of sp³-hybridized carbons (Fsp3) is 0.500. The molecule has 0 saturated heterocycles. The lowest BCUT2D eigenvalue weighted by atomic mass is 10.2. The molecule has 1 N–H and O–H groups in total. The van der Waals surface area contributed by atoms with Crippen molar-refractivity contribution in [1.82, 2.24) is 5.32 Å². The molecule has 0 aromatic heterocycles. The second-order valence-corrected chi connectivity index (χ2v) is 5.20. The Labute approximate surface area is 115 Å². The summed E-state index contributed by atoms with van der Waals surface area (Å²) < 4.78 is 11.1. The van der Waals surface area contributed by atoms with Crippen LogP contribution in [0.5, 0.6) is 11.5 Å². The molecule has 3 heteroatoms. The van der Waals surface area contributed by atoms with Crippen LogP contribution in [0.2, 0.25) is 0 Å². The van der Waals surface area contributed by atoms with Crippen molar-refractivity contribution < 1.29 is 9.47 Å². The first-order valence-corrected chi connectivity index (χ1v) is 6.86. The van der Waals surface area contributed by atoms with Gasteiger partial charge in [-0.05, 0) is 37.5 Å². The Balaban J connectivity index is 1.95. The van der Waals surface area contributed by atoms with Gasteiger partial charge in [-0.15, -0.1) is 6.58 Å². The first-order valence-electron chi connectivity index (χ1n) is 6.86. The fourth-order valence-corrected chi connectivity index (χ4v) is 1.83. The Hall–Kier alpha value is -1.48. The number of benzene rings is 1. The predicted octanol–water partition coefficient (Wildman–Crippen LogP) is 3.29. The van der Waals surface area contributed by atoms with Crippen molar-refractivity contribution in [3.8, 4) is 11.5 Å². The number of methoxy groups -OCH3 is 1. The molecule has 0 amide bonds. The highest BCUT2D eigenvalue weighted by atomic mass is 16.5. The molecular weight excluding hydrogens is 238 g/mol. The molecule has 1 saturated carbocycles. The van der Waals surface area contributed by atoms with E-state index in [2.05, 4.69) is 24.0 Å². The summed E-state index contributed by atoms with van der Waals surface area (Å²) in [5.74, 6) is 1.61. The molecule has 0 radical (unpaired) electrons. The first-order chi connectivity index (χ1) is 9.19. The second-order valence-electron chi connectivity index (χ2n) is 5.20. The van der Waals surface area contributed by atoms with Crippen molar-refractivity contribution in [2.24, 2.45) is 0 Å². The average Bonchev–Trinajstić information content (AvgIpc) is 3.20. The van der Waals surface area contributed by atoms with Crippen LogP contribution < -0.4 is 14.8 Å². The van der Waals surface area contributed by atoms with Gasteiger partial charge in [-0.25, -0.2) is 0 Å². The number of nitrogens with one attached hydrogen (secondary N) is 1. The smallest absolute Gasteiger partial charge is 0.161 e. The zero-order valence-electron chi connectivity index (χ0n) is 11.9. The average molecular weight is 261 g/mol. The van der Waals surface area contributed by atoms with Gasteiger partial charge in [0.1, 0.15) is 0 Å². The standard InChI is InChI=1S/C16H23NO2/c1-12(2)8-9-19-16-10-13(4-7-15(16)18-3)11-17-14-5-6-14/h4,7,10,14,17H,1,5-6,8-9,11H2,2-3H3. The van der Waals surface area contributed by atoms with Crippen LogP contribution in [0.15, 0.2) is 30.4 Å².